The van der Waals surface area contributed by atoms with E-state index < -0.39 is 0 Å². The summed E-state index contributed by atoms with van der Waals surface area (Å²) in [7, 11) is 3.29. The Kier molecular flexibility index (Phi) is 7.81. The highest BCUT2D eigenvalue weighted by atomic mass is 16.5. The predicted octanol–water partition coefficient (Wildman–Crippen LogP) is 4.50. The molecule has 164 valence electrons. The first-order valence-electron chi connectivity index (χ1n) is 10.5. The lowest BCUT2D eigenvalue weighted by molar-refractivity contribution is -0.127. The van der Waals surface area contributed by atoms with Crippen LogP contribution in [-0.4, -0.2) is 37.4 Å². The van der Waals surface area contributed by atoms with Crippen LogP contribution in [0.4, 0.5) is 0 Å². The second-order valence-electron chi connectivity index (χ2n) is 7.41. The maximum atomic E-state index is 13.5. The standard InChI is InChI=1S/C27H28N2O3/c1-20-11-7-4-5-10-18-32-25(27(31)29(20)3)24(19-21-12-8-6-9-13-21)22-14-16-23(17-15-22)26(30)28-2/h4-9,11-17H,1,10,18-19H2,2-3H3,(H,28,30)/b5-4-,11-7-,25-24-. The minimum absolute atomic E-state index is 0.161. The molecule has 0 saturated carbocycles. The molecule has 2 aromatic rings. The van der Waals surface area contributed by atoms with E-state index in [1.807, 2.05) is 60.7 Å². The van der Waals surface area contributed by atoms with Gasteiger partial charge in [-0.15, -0.1) is 0 Å². The predicted molar refractivity (Wildman–Crippen MR) is 128 cm³/mol. The zero-order chi connectivity index (χ0) is 22.9. The number of likely N-dealkylation sites (N-methyl/N-ethyl adjacent to an activating group) is 1. The minimum atomic E-state index is -0.261. The Morgan fingerprint density at radius 3 is 2.44 bits per heavy atom. The van der Waals surface area contributed by atoms with Crippen LogP contribution in [0.25, 0.3) is 5.57 Å². The van der Waals surface area contributed by atoms with Crippen LogP contribution in [0.2, 0.25) is 0 Å². The first kappa shape index (κ1) is 22.8. The zero-order valence-corrected chi connectivity index (χ0v) is 18.5. The lowest BCUT2D eigenvalue weighted by atomic mass is 9.95. The number of hydrogen-bond acceptors (Lipinski definition) is 3. The molecule has 0 unspecified atom stereocenters. The quantitative estimate of drug-likeness (QED) is 0.730. The smallest absolute Gasteiger partial charge is 0.293 e. The lowest BCUT2D eigenvalue weighted by Crippen LogP contribution is -2.28. The highest BCUT2D eigenvalue weighted by Crippen LogP contribution is 2.27. The van der Waals surface area contributed by atoms with Gasteiger partial charge < -0.3 is 15.0 Å². The fourth-order valence-corrected chi connectivity index (χ4v) is 3.32. The van der Waals surface area contributed by atoms with E-state index in [2.05, 4.69) is 11.9 Å². The number of hydrogen-bond donors (Lipinski definition) is 1. The Morgan fingerprint density at radius 2 is 1.75 bits per heavy atom. The molecule has 0 saturated heterocycles. The van der Waals surface area contributed by atoms with Gasteiger partial charge in [0.15, 0.2) is 5.76 Å². The molecule has 1 aliphatic heterocycles. The second kappa shape index (κ2) is 11.0. The van der Waals surface area contributed by atoms with Gasteiger partial charge in [0.1, 0.15) is 0 Å². The highest BCUT2D eigenvalue weighted by molar-refractivity contribution is 6.01. The zero-order valence-electron chi connectivity index (χ0n) is 18.5. The van der Waals surface area contributed by atoms with Gasteiger partial charge in [-0.3, -0.25) is 9.59 Å². The van der Waals surface area contributed by atoms with Crippen molar-refractivity contribution in [2.45, 2.75) is 12.8 Å². The summed E-state index contributed by atoms with van der Waals surface area (Å²) in [4.78, 5) is 26.9. The van der Waals surface area contributed by atoms with Crippen molar-refractivity contribution in [3.63, 3.8) is 0 Å². The molecule has 2 aromatic carbocycles. The van der Waals surface area contributed by atoms with Crippen molar-refractivity contribution >= 4 is 17.4 Å². The average Bonchev–Trinajstić information content (AvgIpc) is 2.86. The van der Waals surface area contributed by atoms with Crippen LogP contribution in [-0.2, 0) is 16.0 Å². The fourth-order valence-electron chi connectivity index (χ4n) is 3.32. The molecule has 1 heterocycles. The maximum Gasteiger partial charge on any atom is 0.293 e. The van der Waals surface area contributed by atoms with Gasteiger partial charge in [0.2, 0.25) is 0 Å². The van der Waals surface area contributed by atoms with E-state index in [-0.39, 0.29) is 17.6 Å². The van der Waals surface area contributed by atoms with Gasteiger partial charge in [-0.2, -0.15) is 0 Å². The van der Waals surface area contributed by atoms with Gasteiger partial charge in [0.05, 0.1) is 6.61 Å². The van der Waals surface area contributed by atoms with Gasteiger partial charge >= 0.3 is 0 Å². The van der Waals surface area contributed by atoms with Crippen molar-refractivity contribution in [3.8, 4) is 0 Å². The largest absolute Gasteiger partial charge is 0.487 e. The van der Waals surface area contributed by atoms with Gasteiger partial charge in [-0.25, -0.2) is 0 Å². The number of allylic oxidation sites excluding steroid dienone is 4. The molecule has 32 heavy (non-hydrogen) atoms. The van der Waals surface area contributed by atoms with E-state index in [1.54, 1.807) is 32.3 Å². The van der Waals surface area contributed by atoms with Crippen molar-refractivity contribution in [1.29, 1.82) is 0 Å². The minimum Gasteiger partial charge on any atom is -0.487 e. The SMILES string of the molecule is C=C1/C=C\C=C/CCO/C(=C(/Cc2ccccc2)c2ccc(C(=O)NC)cc2)C(=O)N1C. The van der Waals surface area contributed by atoms with Crippen LogP contribution in [0.5, 0.6) is 0 Å². The fraction of sp³-hybridized carbons (Fsp3) is 0.185. The maximum absolute atomic E-state index is 13.5. The molecule has 0 aromatic heterocycles. The molecule has 5 nitrogen and oxygen atoms in total. The number of nitrogens with zero attached hydrogens (tertiary/aromatic N) is 1. The summed E-state index contributed by atoms with van der Waals surface area (Å²) in [6.07, 6.45) is 8.75. The van der Waals surface area contributed by atoms with Gasteiger partial charge in [0.25, 0.3) is 11.8 Å². The molecular weight excluding hydrogens is 400 g/mol. The monoisotopic (exact) mass is 428 g/mol. The van der Waals surface area contributed by atoms with Crippen molar-refractivity contribution in [2.24, 2.45) is 0 Å². The summed E-state index contributed by atoms with van der Waals surface area (Å²) in [6.45, 7) is 4.38. The van der Waals surface area contributed by atoms with Crippen LogP contribution in [0.15, 0.2) is 96.9 Å². The molecule has 0 aliphatic carbocycles. The molecule has 0 spiro atoms. The number of rotatable bonds is 4. The van der Waals surface area contributed by atoms with Gasteiger partial charge in [-0.05, 0) is 35.8 Å². The van der Waals surface area contributed by atoms with Crippen LogP contribution in [0.1, 0.15) is 27.9 Å². The van der Waals surface area contributed by atoms with E-state index >= 15 is 0 Å². The molecule has 0 atom stereocenters. The summed E-state index contributed by atoms with van der Waals surface area (Å²) in [5.74, 6) is -0.137. The van der Waals surface area contributed by atoms with E-state index in [4.69, 9.17) is 4.74 Å². The Hall–Kier alpha value is -3.86. The third-order valence-corrected chi connectivity index (χ3v) is 5.22. The molecule has 1 aliphatic rings. The number of ether oxygens (including phenoxy) is 1. The van der Waals surface area contributed by atoms with Crippen LogP contribution in [0.3, 0.4) is 0 Å². The van der Waals surface area contributed by atoms with E-state index in [9.17, 15) is 9.59 Å². The molecule has 1 N–H and O–H groups in total. The number of carbonyl (C=O) groups is 2. The second-order valence-corrected chi connectivity index (χ2v) is 7.41. The summed E-state index contributed by atoms with van der Waals surface area (Å²) in [5.41, 5.74) is 3.76. The topological polar surface area (TPSA) is 58.6 Å². The number of amides is 2. The Labute approximate surface area is 189 Å². The number of benzene rings is 2. The molecule has 0 fully saturated rings. The summed E-state index contributed by atoms with van der Waals surface area (Å²) >= 11 is 0. The summed E-state index contributed by atoms with van der Waals surface area (Å²) in [5, 5.41) is 2.63. The first-order valence-corrected chi connectivity index (χ1v) is 10.5. The van der Waals surface area contributed by atoms with Crippen molar-refractivity contribution < 1.29 is 14.3 Å². The van der Waals surface area contributed by atoms with E-state index in [0.717, 1.165) is 16.7 Å². The molecular formula is C27H28N2O3. The van der Waals surface area contributed by atoms with Gasteiger partial charge in [0, 0.05) is 37.3 Å². The number of carbonyl (C=O) groups excluding carboxylic acids is 2. The van der Waals surface area contributed by atoms with Crippen LogP contribution < -0.4 is 5.32 Å². The Balaban J connectivity index is 2.12. The lowest BCUT2D eigenvalue weighted by Gasteiger charge is -2.22. The molecule has 0 radical (unpaired) electrons. The van der Waals surface area contributed by atoms with E-state index in [1.165, 1.54) is 4.90 Å². The molecule has 5 heteroatoms. The molecule has 3 rings (SSSR count). The third kappa shape index (κ3) is 5.64. The summed E-state index contributed by atoms with van der Waals surface area (Å²) < 4.78 is 6.08. The van der Waals surface area contributed by atoms with Crippen LogP contribution >= 0.6 is 0 Å². The molecule has 0 bridgehead atoms. The average molecular weight is 429 g/mol. The Bertz CT molecular complexity index is 1060. The van der Waals surface area contributed by atoms with E-state index in [0.29, 0.717) is 30.7 Å². The van der Waals surface area contributed by atoms with Gasteiger partial charge in [-0.1, -0.05) is 67.3 Å². The van der Waals surface area contributed by atoms with Crippen LogP contribution in [0, 0.1) is 0 Å². The molecule has 2 amide bonds. The number of nitrogens with one attached hydrogen (secondary N) is 1. The Morgan fingerprint density at radius 1 is 1.06 bits per heavy atom. The normalized spacial score (nSPS) is 18.2. The van der Waals surface area contributed by atoms with Crippen molar-refractivity contribution in [2.75, 3.05) is 20.7 Å². The van der Waals surface area contributed by atoms with Crippen molar-refractivity contribution in [1.82, 2.24) is 10.2 Å². The highest BCUT2D eigenvalue weighted by Gasteiger charge is 2.24. The van der Waals surface area contributed by atoms with Crippen molar-refractivity contribution in [3.05, 3.63) is 114 Å². The third-order valence-electron chi connectivity index (χ3n) is 5.22. The summed E-state index contributed by atoms with van der Waals surface area (Å²) in [6, 6.07) is 17.1. The first-order chi connectivity index (χ1) is 15.5.